The fourth-order valence-electron chi connectivity index (χ4n) is 2.17. The summed E-state index contributed by atoms with van der Waals surface area (Å²) < 4.78 is 17.7. The minimum Gasteiger partial charge on any atom is -0.389 e. The highest BCUT2D eigenvalue weighted by Gasteiger charge is 2.51. The number of benzene rings is 1. The molecule has 1 saturated carbocycles. The molecular formula is C14H18FNO3. The topological polar surface area (TPSA) is 58.6 Å². The lowest BCUT2D eigenvalue weighted by molar-refractivity contribution is -0.124. The van der Waals surface area contributed by atoms with Crippen molar-refractivity contribution >= 4 is 5.91 Å². The van der Waals surface area contributed by atoms with Crippen molar-refractivity contribution in [2.75, 3.05) is 20.3 Å². The number of aliphatic hydroxyl groups excluding tert-OH is 1. The van der Waals surface area contributed by atoms with Crippen molar-refractivity contribution in [1.29, 1.82) is 0 Å². The average molecular weight is 267 g/mol. The van der Waals surface area contributed by atoms with E-state index in [1.807, 2.05) is 0 Å². The van der Waals surface area contributed by atoms with E-state index < -0.39 is 11.5 Å². The monoisotopic (exact) mass is 267 g/mol. The Bertz CT molecular complexity index is 443. The Hall–Kier alpha value is -1.46. The van der Waals surface area contributed by atoms with Crippen LogP contribution in [0, 0.1) is 5.82 Å². The highest BCUT2D eigenvalue weighted by Crippen LogP contribution is 2.48. The number of ether oxygens (including phenoxy) is 1. The first-order valence-electron chi connectivity index (χ1n) is 6.30. The van der Waals surface area contributed by atoms with Crippen LogP contribution in [0.2, 0.25) is 0 Å². The quantitative estimate of drug-likeness (QED) is 0.808. The Kier molecular flexibility index (Phi) is 4.17. The maximum absolute atomic E-state index is 12.9. The molecule has 1 fully saturated rings. The van der Waals surface area contributed by atoms with Crippen LogP contribution in [0.25, 0.3) is 0 Å². The van der Waals surface area contributed by atoms with Gasteiger partial charge in [-0.25, -0.2) is 4.39 Å². The van der Waals surface area contributed by atoms with E-state index in [4.69, 9.17) is 4.74 Å². The van der Waals surface area contributed by atoms with E-state index >= 15 is 0 Å². The first-order chi connectivity index (χ1) is 9.08. The second kappa shape index (κ2) is 5.67. The maximum atomic E-state index is 12.9. The van der Waals surface area contributed by atoms with Gasteiger partial charge < -0.3 is 15.2 Å². The molecule has 1 atom stereocenters. The van der Waals surface area contributed by atoms with E-state index in [2.05, 4.69) is 5.32 Å². The molecule has 0 radical (unpaired) electrons. The summed E-state index contributed by atoms with van der Waals surface area (Å²) in [7, 11) is 1.49. The van der Waals surface area contributed by atoms with Gasteiger partial charge in [-0.15, -0.1) is 0 Å². The Morgan fingerprint density at radius 1 is 1.47 bits per heavy atom. The molecule has 1 aliphatic rings. The lowest BCUT2D eigenvalue weighted by Gasteiger charge is -2.17. The summed E-state index contributed by atoms with van der Waals surface area (Å²) in [6, 6.07) is 6.02. The Morgan fingerprint density at radius 2 is 2.11 bits per heavy atom. The van der Waals surface area contributed by atoms with Crippen molar-refractivity contribution < 1.29 is 19.0 Å². The van der Waals surface area contributed by atoms with Gasteiger partial charge in [0, 0.05) is 13.7 Å². The van der Waals surface area contributed by atoms with Crippen molar-refractivity contribution in [2.24, 2.45) is 0 Å². The molecule has 0 aromatic heterocycles. The molecule has 1 aromatic carbocycles. The van der Waals surface area contributed by atoms with Crippen molar-refractivity contribution in [3.05, 3.63) is 35.6 Å². The summed E-state index contributed by atoms with van der Waals surface area (Å²) in [5.41, 5.74) is 0.285. The normalized spacial score (nSPS) is 17.8. The van der Waals surface area contributed by atoms with E-state index in [1.54, 1.807) is 12.1 Å². The van der Waals surface area contributed by atoms with Gasteiger partial charge in [-0.3, -0.25) is 4.79 Å². The summed E-state index contributed by atoms with van der Waals surface area (Å²) in [6.45, 7) is 0.347. The molecule has 5 heteroatoms. The summed E-state index contributed by atoms with van der Waals surface area (Å²) in [5, 5.41) is 12.2. The molecule has 1 unspecified atom stereocenters. The van der Waals surface area contributed by atoms with Crippen LogP contribution in [0.4, 0.5) is 4.39 Å². The number of halogens is 1. The van der Waals surface area contributed by atoms with Gasteiger partial charge in [0.15, 0.2) is 0 Å². The molecule has 2 N–H and O–H groups in total. The number of nitrogens with one attached hydrogen (secondary N) is 1. The number of methoxy groups -OCH3 is 1. The third-order valence-electron chi connectivity index (χ3n) is 3.44. The number of aliphatic hydroxyl groups is 1. The SMILES string of the molecule is COCC(O)CNC(=O)C1(c2ccc(F)cc2)CC1. The minimum absolute atomic E-state index is 0.116. The molecule has 2 rings (SSSR count). The van der Waals surface area contributed by atoms with Crippen LogP contribution in [-0.2, 0) is 14.9 Å². The van der Waals surface area contributed by atoms with E-state index in [0.717, 1.165) is 18.4 Å². The van der Waals surface area contributed by atoms with Crippen LogP contribution >= 0.6 is 0 Å². The zero-order valence-electron chi connectivity index (χ0n) is 10.9. The van der Waals surface area contributed by atoms with Gasteiger partial charge >= 0.3 is 0 Å². The number of hydrogen-bond donors (Lipinski definition) is 2. The molecule has 104 valence electrons. The number of carbonyl (C=O) groups excluding carboxylic acids is 1. The first-order valence-corrected chi connectivity index (χ1v) is 6.30. The van der Waals surface area contributed by atoms with Crippen LogP contribution in [0.3, 0.4) is 0 Å². The van der Waals surface area contributed by atoms with Gasteiger partial charge in [0.2, 0.25) is 5.91 Å². The highest BCUT2D eigenvalue weighted by atomic mass is 19.1. The van der Waals surface area contributed by atoms with Gasteiger partial charge in [-0.05, 0) is 30.5 Å². The molecular weight excluding hydrogens is 249 g/mol. The van der Waals surface area contributed by atoms with Crippen LogP contribution in [-0.4, -0.2) is 37.4 Å². The second-order valence-corrected chi connectivity index (χ2v) is 4.91. The van der Waals surface area contributed by atoms with E-state index in [1.165, 1.54) is 19.2 Å². The molecule has 19 heavy (non-hydrogen) atoms. The van der Waals surface area contributed by atoms with Crippen molar-refractivity contribution in [3.63, 3.8) is 0 Å². The molecule has 0 saturated heterocycles. The minimum atomic E-state index is -0.710. The summed E-state index contributed by atoms with van der Waals surface area (Å²) in [4.78, 5) is 12.2. The standard InChI is InChI=1S/C14H18FNO3/c1-19-9-12(17)8-16-13(18)14(6-7-14)10-2-4-11(15)5-3-10/h2-5,12,17H,6-9H2,1H3,(H,16,18). The number of amides is 1. The molecule has 1 aromatic rings. The number of rotatable bonds is 6. The van der Waals surface area contributed by atoms with Gasteiger partial charge in [0.1, 0.15) is 5.82 Å². The largest absolute Gasteiger partial charge is 0.389 e. The predicted octanol–water partition coefficient (Wildman–Crippen LogP) is 0.981. The Morgan fingerprint density at radius 3 is 2.63 bits per heavy atom. The third-order valence-corrected chi connectivity index (χ3v) is 3.44. The van der Waals surface area contributed by atoms with Crippen LogP contribution in [0.1, 0.15) is 18.4 Å². The van der Waals surface area contributed by atoms with Crippen molar-refractivity contribution in [2.45, 2.75) is 24.4 Å². The van der Waals surface area contributed by atoms with Crippen LogP contribution in [0.15, 0.2) is 24.3 Å². The molecule has 1 amide bonds. The maximum Gasteiger partial charge on any atom is 0.230 e. The Labute approximate surface area is 111 Å². The molecule has 0 aliphatic heterocycles. The fraction of sp³-hybridized carbons (Fsp3) is 0.500. The van der Waals surface area contributed by atoms with E-state index in [-0.39, 0.29) is 24.9 Å². The lowest BCUT2D eigenvalue weighted by Crippen LogP contribution is -2.40. The third kappa shape index (κ3) is 3.11. The first kappa shape index (κ1) is 14.0. The fourth-order valence-corrected chi connectivity index (χ4v) is 2.17. The number of carbonyl (C=O) groups is 1. The molecule has 0 heterocycles. The summed E-state index contributed by atoms with van der Waals surface area (Å²) in [5.74, 6) is -0.426. The van der Waals surface area contributed by atoms with Gasteiger partial charge in [0.25, 0.3) is 0 Å². The van der Waals surface area contributed by atoms with Gasteiger partial charge in [0.05, 0.1) is 18.1 Å². The highest BCUT2D eigenvalue weighted by molar-refractivity contribution is 5.91. The zero-order valence-corrected chi connectivity index (χ0v) is 10.9. The van der Waals surface area contributed by atoms with Gasteiger partial charge in [-0.1, -0.05) is 12.1 Å². The van der Waals surface area contributed by atoms with Gasteiger partial charge in [-0.2, -0.15) is 0 Å². The average Bonchev–Trinajstić information content (AvgIpc) is 3.19. The van der Waals surface area contributed by atoms with Crippen molar-refractivity contribution in [1.82, 2.24) is 5.32 Å². The number of hydrogen-bond acceptors (Lipinski definition) is 3. The van der Waals surface area contributed by atoms with Crippen LogP contribution in [0.5, 0.6) is 0 Å². The van der Waals surface area contributed by atoms with E-state index in [9.17, 15) is 14.3 Å². The summed E-state index contributed by atoms with van der Waals surface area (Å²) in [6.07, 6.45) is 0.799. The smallest absolute Gasteiger partial charge is 0.230 e. The second-order valence-electron chi connectivity index (χ2n) is 4.91. The van der Waals surface area contributed by atoms with Crippen molar-refractivity contribution in [3.8, 4) is 0 Å². The predicted molar refractivity (Wildman–Crippen MR) is 68.2 cm³/mol. The Balaban J connectivity index is 1.96. The van der Waals surface area contributed by atoms with E-state index in [0.29, 0.717) is 0 Å². The molecule has 0 spiro atoms. The van der Waals surface area contributed by atoms with Crippen LogP contribution < -0.4 is 5.32 Å². The summed E-state index contributed by atoms with van der Waals surface area (Å²) >= 11 is 0. The molecule has 0 bridgehead atoms. The zero-order chi connectivity index (χ0) is 13.9. The lowest BCUT2D eigenvalue weighted by atomic mass is 9.95. The molecule has 4 nitrogen and oxygen atoms in total. The molecule has 1 aliphatic carbocycles.